The van der Waals surface area contributed by atoms with Gasteiger partial charge < -0.3 is 9.80 Å². The minimum atomic E-state index is 0.113. The third-order valence-corrected chi connectivity index (χ3v) is 4.91. The van der Waals surface area contributed by atoms with E-state index in [4.69, 9.17) is 4.98 Å². The maximum atomic E-state index is 12.9. The van der Waals surface area contributed by atoms with Crippen LogP contribution in [0.15, 0.2) is 4.79 Å². The Labute approximate surface area is 136 Å². The van der Waals surface area contributed by atoms with Gasteiger partial charge in [0.2, 0.25) is 0 Å². The van der Waals surface area contributed by atoms with E-state index in [9.17, 15) is 4.79 Å². The average molecular weight is 322 g/mol. The topological polar surface area (TPSA) is 41.4 Å². The molecule has 2 heterocycles. The molecule has 0 atom stereocenters. The molecule has 0 aliphatic rings. The van der Waals surface area contributed by atoms with Crippen LogP contribution in [0.4, 0.5) is 0 Å². The van der Waals surface area contributed by atoms with E-state index >= 15 is 0 Å². The maximum Gasteiger partial charge on any atom is 0.262 e. The van der Waals surface area contributed by atoms with Crippen LogP contribution in [0, 0.1) is 13.8 Å². The Balaban J connectivity index is 2.51. The van der Waals surface area contributed by atoms with E-state index in [0.717, 1.165) is 41.1 Å². The zero-order valence-electron chi connectivity index (χ0n) is 14.4. The predicted octanol–water partition coefficient (Wildman–Crippen LogP) is 2.09. The van der Waals surface area contributed by atoms with E-state index in [2.05, 4.69) is 30.8 Å². The first-order chi connectivity index (χ1) is 10.3. The molecule has 0 amide bonds. The molecule has 0 aromatic carbocycles. The highest BCUT2D eigenvalue weighted by atomic mass is 32.1. The molecule has 0 aliphatic carbocycles. The Kier molecular flexibility index (Phi) is 5.36. The molecule has 0 fully saturated rings. The first kappa shape index (κ1) is 17.1. The van der Waals surface area contributed by atoms with Crippen LogP contribution in [-0.4, -0.2) is 54.1 Å². The number of hydrogen-bond donors (Lipinski definition) is 0. The van der Waals surface area contributed by atoms with E-state index in [1.54, 1.807) is 11.3 Å². The molecular weight excluding hydrogens is 296 g/mol. The fraction of sp³-hybridized carbons (Fsp3) is 0.625. The number of fused-ring (bicyclic) bond motifs is 1. The van der Waals surface area contributed by atoms with Crippen molar-refractivity contribution in [2.75, 3.05) is 34.7 Å². The molecule has 22 heavy (non-hydrogen) atoms. The Hall–Kier alpha value is -1.24. The van der Waals surface area contributed by atoms with E-state index in [-0.39, 0.29) is 5.56 Å². The van der Waals surface area contributed by atoms with Crippen molar-refractivity contribution in [1.29, 1.82) is 0 Å². The summed E-state index contributed by atoms with van der Waals surface area (Å²) in [5, 5.41) is 0.801. The lowest BCUT2D eigenvalue weighted by molar-refractivity contribution is 0.359. The largest absolute Gasteiger partial charge is 0.309 e. The van der Waals surface area contributed by atoms with Crippen molar-refractivity contribution < 1.29 is 0 Å². The van der Waals surface area contributed by atoms with Crippen LogP contribution in [0.25, 0.3) is 10.2 Å². The van der Waals surface area contributed by atoms with Crippen LogP contribution >= 0.6 is 11.3 Å². The molecule has 122 valence electrons. The second kappa shape index (κ2) is 6.89. The monoisotopic (exact) mass is 322 g/mol. The molecular formula is C16H26N4OS. The Morgan fingerprint density at radius 1 is 1.14 bits per heavy atom. The van der Waals surface area contributed by atoms with E-state index in [0.29, 0.717) is 6.54 Å². The maximum absolute atomic E-state index is 12.9. The van der Waals surface area contributed by atoms with Crippen molar-refractivity contribution in [3.63, 3.8) is 0 Å². The van der Waals surface area contributed by atoms with Gasteiger partial charge in [-0.15, -0.1) is 11.3 Å². The second-order valence-corrected chi connectivity index (χ2v) is 7.55. The highest BCUT2D eigenvalue weighted by molar-refractivity contribution is 7.18. The summed E-state index contributed by atoms with van der Waals surface area (Å²) in [5.41, 5.74) is 1.19. The smallest absolute Gasteiger partial charge is 0.262 e. The SMILES string of the molecule is Cc1sc2nc(CN(C)C)n(CCCN(C)C)c(=O)c2c1C. The van der Waals surface area contributed by atoms with Crippen LogP contribution in [0.2, 0.25) is 0 Å². The fourth-order valence-corrected chi connectivity index (χ4v) is 3.59. The van der Waals surface area contributed by atoms with Crippen molar-refractivity contribution in [3.8, 4) is 0 Å². The number of nitrogens with zero attached hydrogens (tertiary/aromatic N) is 4. The number of hydrogen-bond acceptors (Lipinski definition) is 5. The molecule has 0 unspecified atom stereocenters. The van der Waals surface area contributed by atoms with Gasteiger partial charge in [-0.1, -0.05) is 0 Å². The number of rotatable bonds is 6. The fourth-order valence-electron chi connectivity index (χ4n) is 2.55. The van der Waals surface area contributed by atoms with Crippen LogP contribution < -0.4 is 5.56 Å². The van der Waals surface area contributed by atoms with Gasteiger partial charge in [0, 0.05) is 11.4 Å². The molecule has 0 N–H and O–H groups in total. The molecule has 2 aromatic heterocycles. The molecule has 0 radical (unpaired) electrons. The van der Waals surface area contributed by atoms with Gasteiger partial charge in [0.1, 0.15) is 10.7 Å². The molecule has 2 rings (SSSR count). The van der Waals surface area contributed by atoms with Gasteiger partial charge in [0.15, 0.2) is 0 Å². The van der Waals surface area contributed by atoms with Crippen molar-refractivity contribution in [2.45, 2.75) is 33.4 Å². The minimum absolute atomic E-state index is 0.113. The number of aryl methyl sites for hydroxylation is 2. The molecule has 0 spiro atoms. The van der Waals surface area contributed by atoms with Crippen molar-refractivity contribution >= 4 is 21.6 Å². The Morgan fingerprint density at radius 3 is 2.41 bits per heavy atom. The van der Waals surface area contributed by atoms with E-state index < -0.39 is 0 Å². The lowest BCUT2D eigenvalue weighted by atomic mass is 10.2. The van der Waals surface area contributed by atoms with Gasteiger partial charge >= 0.3 is 0 Å². The summed E-state index contributed by atoms with van der Waals surface area (Å²) in [7, 11) is 8.12. The van der Waals surface area contributed by atoms with E-state index in [1.807, 2.05) is 25.6 Å². The first-order valence-corrected chi connectivity index (χ1v) is 8.41. The highest BCUT2D eigenvalue weighted by Crippen LogP contribution is 2.26. The van der Waals surface area contributed by atoms with Crippen molar-refractivity contribution in [3.05, 3.63) is 26.6 Å². The molecule has 2 aromatic rings. The summed E-state index contributed by atoms with van der Waals surface area (Å²) >= 11 is 1.62. The lowest BCUT2D eigenvalue weighted by Crippen LogP contribution is -2.29. The van der Waals surface area contributed by atoms with Crippen LogP contribution in [0.1, 0.15) is 22.7 Å². The summed E-state index contributed by atoms with van der Waals surface area (Å²) in [6, 6.07) is 0. The summed E-state index contributed by atoms with van der Waals surface area (Å²) in [5.74, 6) is 0.863. The summed E-state index contributed by atoms with van der Waals surface area (Å²) < 4.78 is 1.87. The Morgan fingerprint density at radius 2 is 1.82 bits per heavy atom. The van der Waals surface area contributed by atoms with Gasteiger partial charge in [-0.05, 0) is 60.6 Å². The zero-order valence-corrected chi connectivity index (χ0v) is 15.3. The summed E-state index contributed by atoms with van der Waals surface area (Å²) in [4.78, 5) is 24.0. The molecule has 0 bridgehead atoms. The standard InChI is InChI=1S/C16H26N4OS/c1-11-12(2)22-15-14(11)16(21)20(9-7-8-18(3)4)13(17-15)10-19(5)6/h7-10H2,1-6H3. The van der Waals surface area contributed by atoms with Crippen molar-refractivity contribution in [2.24, 2.45) is 0 Å². The first-order valence-electron chi connectivity index (χ1n) is 7.60. The molecule has 0 aliphatic heterocycles. The predicted molar refractivity (Wildman–Crippen MR) is 93.9 cm³/mol. The zero-order chi connectivity index (χ0) is 16.4. The van der Waals surface area contributed by atoms with Gasteiger partial charge in [0.05, 0.1) is 11.9 Å². The van der Waals surface area contributed by atoms with Gasteiger partial charge in [0.25, 0.3) is 5.56 Å². The third-order valence-electron chi connectivity index (χ3n) is 3.81. The number of thiophene rings is 1. The minimum Gasteiger partial charge on any atom is -0.309 e. The van der Waals surface area contributed by atoms with E-state index in [1.165, 1.54) is 4.88 Å². The summed E-state index contributed by atoms with van der Waals surface area (Å²) in [6.07, 6.45) is 0.947. The lowest BCUT2D eigenvalue weighted by Gasteiger charge is -2.17. The molecule has 0 saturated carbocycles. The van der Waals surface area contributed by atoms with Gasteiger partial charge in [-0.25, -0.2) is 4.98 Å². The normalized spacial score (nSPS) is 12.0. The molecule has 5 nitrogen and oxygen atoms in total. The van der Waals surface area contributed by atoms with Crippen LogP contribution in [0.3, 0.4) is 0 Å². The highest BCUT2D eigenvalue weighted by Gasteiger charge is 2.16. The van der Waals surface area contributed by atoms with Gasteiger partial charge in [-0.2, -0.15) is 0 Å². The van der Waals surface area contributed by atoms with Crippen molar-refractivity contribution in [1.82, 2.24) is 19.4 Å². The average Bonchev–Trinajstić information content (AvgIpc) is 2.67. The summed E-state index contributed by atoms with van der Waals surface area (Å²) in [6.45, 7) is 6.45. The quantitative estimate of drug-likeness (QED) is 0.817. The van der Waals surface area contributed by atoms with Crippen LogP contribution in [0.5, 0.6) is 0 Å². The van der Waals surface area contributed by atoms with Gasteiger partial charge in [-0.3, -0.25) is 9.36 Å². The Bertz CT molecular complexity index is 715. The number of aromatic nitrogens is 2. The second-order valence-electron chi connectivity index (χ2n) is 6.34. The third kappa shape index (κ3) is 3.56. The van der Waals surface area contributed by atoms with Crippen LogP contribution in [-0.2, 0) is 13.1 Å². The molecule has 6 heteroatoms. The molecule has 0 saturated heterocycles.